The Labute approximate surface area is 171 Å². The number of nitrogens with one attached hydrogen (secondary N) is 2. The molecule has 0 aliphatic rings. The van der Waals surface area contributed by atoms with E-state index in [4.69, 9.17) is 10.5 Å². The van der Waals surface area contributed by atoms with Gasteiger partial charge in [0.25, 0.3) is 0 Å². The van der Waals surface area contributed by atoms with E-state index in [0.29, 0.717) is 25.9 Å². The van der Waals surface area contributed by atoms with Crippen molar-refractivity contribution in [2.24, 2.45) is 0 Å². The van der Waals surface area contributed by atoms with Gasteiger partial charge in [-0.3, -0.25) is 0 Å². The van der Waals surface area contributed by atoms with E-state index in [0.717, 1.165) is 20.1 Å². The van der Waals surface area contributed by atoms with Crippen molar-refractivity contribution >= 4 is 31.9 Å². The first kappa shape index (κ1) is 20.6. The second-order valence-electron chi connectivity index (χ2n) is 5.78. The van der Waals surface area contributed by atoms with Gasteiger partial charge in [0.05, 0.1) is 24.2 Å². The first-order valence-electron chi connectivity index (χ1n) is 8.37. The third-order valence-corrected chi connectivity index (χ3v) is 5.05. The van der Waals surface area contributed by atoms with Crippen LogP contribution in [0, 0.1) is 22.7 Å². The van der Waals surface area contributed by atoms with Gasteiger partial charge in [-0.1, -0.05) is 56.1 Å². The first-order chi connectivity index (χ1) is 12.7. The van der Waals surface area contributed by atoms with Crippen LogP contribution in [0.1, 0.15) is 36.1 Å². The average molecular weight is 476 g/mol. The lowest BCUT2D eigenvalue weighted by molar-refractivity contribution is 0.390. The lowest BCUT2D eigenvalue weighted by atomic mass is 9.93. The summed E-state index contributed by atoms with van der Waals surface area (Å²) >= 11 is 6.96. The van der Waals surface area contributed by atoms with Gasteiger partial charge in [0, 0.05) is 34.9 Å². The zero-order chi connectivity index (χ0) is 18.8. The largest absolute Gasteiger partial charge is 0.307 e. The standard InChI is InChI=1S/C20H20Br2N4/c21-17-7-3-15(4-8-17)19(25-13-1-11-23)20(26-14-2-12-24)16-5-9-18(22)10-6-16/h3-10,19-20,25-26H,1-2,13-14H2/t19-,20+. The molecule has 2 rings (SSSR count). The van der Waals surface area contributed by atoms with Crippen LogP contribution in [0.2, 0.25) is 0 Å². The molecule has 26 heavy (non-hydrogen) atoms. The van der Waals surface area contributed by atoms with Crippen LogP contribution in [0.15, 0.2) is 57.5 Å². The molecule has 2 aromatic rings. The topological polar surface area (TPSA) is 71.6 Å². The molecule has 2 N–H and O–H groups in total. The summed E-state index contributed by atoms with van der Waals surface area (Å²) in [5, 5.41) is 24.8. The van der Waals surface area contributed by atoms with E-state index in [-0.39, 0.29) is 12.1 Å². The Hall–Kier alpha value is -1.70. The van der Waals surface area contributed by atoms with E-state index in [1.54, 1.807) is 0 Å². The summed E-state index contributed by atoms with van der Waals surface area (Å²) in [4.78, 5) is 0. The van der Waals surface area contributed by atoms with E-state index >= 15 is 0 Å². The fourth-order valence-electron chi connectivity index (χ4n) is 2.76. The zero-order valence-corrected chi connectivity index (χ0v) is 17.4. The van der Waals surface area contributed by atoms with Crippen molar-refractivity contribution in [2.75, 3.05) is 13.1 Å². The lowest BCUT2D eigenvalue weighted by Crippen LogP contribution is -2.36. The molecule has 0 saturated heterocycles. The smallest absolute Gasteiger partial charge is 0.0635 e. The van der Waals surface area contributed by atoms with Crippen molar-refractivity contribution in [2.45, 2.75) is 24.9 Å². The van der Waals surface area contributed by atoms with E-state index in [2.05, 4.69) is 78.9 Å². The maximum Gasteiger partial charge on any atom is 0.0635 e. The van der Waals surface area contributed by atoms with Gasteiger partial charge in [-0.05, 0) is 35.4 Å². The van der Waals surface area contributed by atoms with Gasteiger partial charge in [-0.15, -0.1) is 0 Å². The molecule has 0 saturated carbocycles. The van der Waals surface area contributed by atoms with E-state index in [1.807, 2.05) is 24.3 Å². The number of hydrogen-bond acceptors (Lipinski definition) is 4. The summed E-state index contributed by atoms with van der Waals surface area (Å²) in [6.07, 6.45) is 0.885. The number of nitrogens with zero attached hydrogens (tertiary/aromatic N) is 2. The molecule has 134 valence electrons. The van der Waals surface area contributed by atoms with Crippen LogP contribution in [0.3, 0.4) is 0 Å². The van der Waals surface area contributed by atoms with Crippen molar-refractivity contribution in [1.29, 1.82) is 10.5 Å². The highest BCUT2D eigenvalue weighted by Crippen LogP contribution is 2.30. The van der Waals surface area contributed by atoms with Crippen molar-refractivity contribution < 1.29 is 0 Å². The molecule has 0 aliphatic heterocycles. The Balaban J connectivity index is 2.34. The predicted molar refractivity (Wildman–Crippen MR) is 110 cm³/mol. The third kappa shape index (κ3) is 6.23. The van der Waals surface area contributed by atoms with E-state index in [1.165, 1.54) is 0 Å². The van der Waals surface area contributed by atoms with Gasteiger partial charge in [0.2, 0.25) is 0 Å². The molecular weight excluding hydrogens is 456 g/mol. The van der Waals surface area contributed by atoms with Crippen LogP contribution in [0.25, 0.3) is 0 Å². The molecule has 6 heteroatoms. The molecule has 2 aromatic carbocycles. The Bertz CT molecular complexity index is 693. The molecule has 0 spiro atoms. The molecule has 0 bridgehead atoms. The summed E-state index contributed by atoms with van der Waals surface area (Å²) in [5.74, 6) is 0. The molecular formula is C20H20Br2N4. The van der Waals surface area contributed by atoms with Crippen LogP contribution in [-0.2, 0) is 0 Å². The summed E-state index contributed by atoms with van der Waals surface area (Å²) < 4.78 is 2.05. The molecule has 0 heterocycles. The molecule has 0 aromatic heterocycles. The number of hydrogen-bond donors (Lipinski definition) is 2. The minimum atomic E-state index is -0.0173. The van der Waals surface area contributed by atoms with Gasteiger partial charge in [0.1, 0.15) is 0 Å². The third-order valence-electron chi connectivity index (χ3n) is 3.99. The highest BCUT2D eigenvalue weighted by atomic mass is 79.9. The number of rotatable bonds is 9. The minimum absolute atomic E-state index is 0.0173. The van der Waals surface area contributed by atoms with Crippen LogP contribution in [-0.4, -0.2) is 13.1 Å². The van der Waals surface area contributed by atoms with Crippen LogP contribution < -0.4 is 10.6 Å². The first-order valence-corrected chi connectivity index (χ1v) is 9.96. The number of halogens is 2. The quantitative estimate of drug-likeness (QED) is 0.500. The van der Waals surface area contributed by atoms with Crippen molar-refractivity contribution in [3.05, 3.63) is 68.6 Å². The summed E-state index contributed by atoms with van der Waals surface area (Å²) in [5.41, 5.74) is 2.26. The monoisotopic (exact) mass is 474 g/mol. The Morgan fingerprint density at radius 3 is 1.35 bits per heavy atom. The second kappa shape index (κ2) is 11.1. The normalized spacial score (nSPS) is 12.8. The molecule has 0 amide bonds. The molecule has 0 unspecified atom stereocenters. The lowest BCUT2D eigenvalue weighted by Gasteiger charge is -2.30. The highest BCUT2D eigenvalue weighted by molar-refractivity contribution is 9.10. The maximum absolute atomic E-state index is 8.89. The van der Waals surface area contributed by atoms with E-state index in [9.17, 15) is 0 Å². The number of benzene rings is 2. The van der Waals surface area contributed by atoms with Crippen molar-refractivity contribution in [3.63, 3.8) is 0 Å². The van der Waals surface area contributed by atoms with Gasteiger partial charge in [0.15, 0.2) is 0 Å². The Morgan fingerprint density at radius 2 is 1.04 bits per heavy atom. The minimum Gasteiger partial charge on any atom is -0.307 e. The maximum atomic E-state index is 8.89. The molecule has 0 radical (unpaired) electrons. The second-order valence-corrected chi connectivity index (χ2v) is 7.61. The summed E-state index contributed by atoms with van der Waals surface area (Å²) in [7, 11) is 0. The molecule has 4 nitrogen and oxygen atoms in total. The summed E-state index contributed by atoms with van der Waals surface area (Å²) in [6, 6.07) is 20.7. The van der Waals surface area contributed by atoms with E-state index < -0.39 is 0 Å². The van der Waals surface area contributed by atoms with Crippen LogP contribution >= 0.6 is 31.9 Å². The summed E-state index contributed by atoms with van der Waals surface area (Å²) in [6.45, 7) is 1.20. The SMILES string of the molecule is N#CCCN[C@H](c1ccc(Br)cc1)[C@@H](NCCC#N)c1ccc(Br)cc1. The zero-order valence-electron chi connectivity index (χ0n) is 14.3. The molecule has 0 aliphatic carbocycles. The Kier molecular flexibility index (Phi) is 8.80. The highest BCUT2D eigenvalue weighted by Gasteiger charge is 2.24. The van der Waals surface area contributed by atoms with Gasteiger partial charge >= 0.3 is 0 Å². The molecule has 2 atom stereocenters. The fraction of sp³-hybridized carbons (Fsp3) is 0.300. The van der Waals surface area contributed by atoms with Gasteiger partial charge in [-0.2, -0.15) is 10.5 Å². The van der Waals surface area contributed by atoms with Crippen molar-refractivity contribution in [1.82, 2.24) is 10.6 Å². The predicted octanol–water partition coefficient (Wildman–Crippen LogP) is 5.00. The fourth-order valence-corrected chi connectivity index (χ4v) is 3.29. The molecule has 0 fully saturated rings. The Morgan fingerprint density at radius 1 is 0.692 bits per heavy atom. The average Bonchev–Trinajstić information content (AvgIpc) is 2.65. The van der Waals surface area contributed by atoms with Crippen LogP contribution in [0.4, 0.5) is 0 Å². The number of nitriles is 2. The van der Waals surface area contributed by atoms with Crippen LogP contribution in [0.5, 0.6) is 0 Å². The van der Waals surface area contributed by atoms with Gasteiger partial charge < -0.3 is 10.6 Å². The van der Waals surface area contributed by atoms with Gasteiger partial charge in [-0.25, -0.2) is 0 Å². The van der Waals surface area contributed by atoms with Crippen molar-refractivity contribution in [3.8, 4) is 12.1 Å².